The fourth-order valence-electron chi connectivity index (χ4n) is 2.73. The molecule has 3 heteroatoms. The second-order valence-corrected chi connectivity index (χ2v) is 11.8. The number of carbonyl (C=O) groups excluding carboxylic acids is 1. The van der Waals surface area contributed by atoms with Crippen molar-refractivity contribution in [3.05, 3.63) is 11.8 Å². The topological polar surface area (TPSA) is 20.3 Å². The number of allylic oxidation sites excluding steroid dienone is 1. The van der Waals surface area contributed by atoms with Gasteiger partial charge in [-0.25, -0.2) is 0 Å². The van der Waals surface area contributed by atoms with Gasteiger partial charge in [0, 0.05) is 19.0 Å². The SMILES string of the molecule is C[C@@H]1[C@H](/C=C/[Si](C)(C)C)[C@H]1C(=O)N1CCCC1. The minimum Gasteiger partial charge on any atom is -0.342 e. The van der Waals surface area contributed by atoms with Crippen LogP contribution < -0.4 is 0 Å². The highest BCUT2D eigenvalue weighted by atomic mass is 28.3. The minimum absolute atomic E-state index is 0.292. The summed E-state index contributed by atoms with van der Waals surface area (Å²) in [6.07, 6.45) is 4.72. The summed E-state index contributed by atoms with van der Waals surface area (Å²) in [5.41, 5.74) is 2.39. The lowest BCUT2D eigenvalue weighted by Crippen LogP contribution is -2.29. The molecule has 2 rings (SSSR count). The molecular formula is C14H25NOSi. The summed E-state index contributed by atoms with van der Waals surface area (Å²) in [4.78, 5) is 14.3. The van der Waals surface area contributed by atoms with Crippen molar-refractivity contribution < 1.29 is 4.79 Å². The van der Waals surface area contributed by atoms with Crippen molar-refractivity contribution in [2.45, 2.75) is 39.4 Å². The van der Waals surface area contributed by atoms with E-state index < -0.39 is 8.07 Å². The third kappa shape index (κ3) is 3.00. The van der Waals surface area contributed by atoms with E-state index in [0.29, 0.717) is 23.7 Å². The molecule has 1 amide bonds. The summed E-state index contributed by atoms with van der Waals surface area (Å²) >= 11 is 0. The Morgan fingerprint density at radius 1 is 1.24 bits per heavy atom. The Hall–Kier alpha value is -0.573. The fourth-order valence-corrected chi connectivity index (χ4v) is 3.53. The van der Waals surface area contributed by atoms with Crippen molar-refractivity contribution in [3.8, 4) is 0 Å². The Kier molecular flexibility index (Phi) is 3.48. The van der Waals surface area contributed by atoms with Crippen molar-refractivity contribution in [1.82, 2.24) is 4.90 Å². The van der Waals surface area contributed by atoms with Gasteiger partial charge in [-0.3, -0.25) is 4.79 Å². The number of hydrogen-bond acceptors (Lipinski definition) is 1. The molecular weight excluding hydrogens is 226 g/mol. The van der Waals surface area contributed by atoms with Crippen LogP contribution in [0, 0.1) is 17.8 Å². The van der Waals surface area contributed by atoms with Crippen LogP contribution >= 0.6 is 0 Å². The minimum atomic E-state index is -1.11. The first-order chi connectivity index (χ1) is 7.90. The first-order valence-electron chi connectivity index (χ1n) is 6.88. The van der Waals surface area contributed by atoms with Crippen LogP contribution in [-0.4, -0.2) is 32.0 Å². The normalized spacial score (nSPS) is 33.4. The van der Waals surface area contributed by atoms with Gasteiger partial charge < -0.3 is 4.90 Å². The van der Waals surface area contributed by atoms with Crippen LogP contribution in [0.4, 0.5) is 0 Å². The molecule has 2 nitrogen and oxygen atoms in total. The van der Waals surface area contributed by atoms with Gasteiger partial charge in [0.1, 0.15) is 0 Å². The smallest absolute Gasteiger partial charge is 0.226 e. The molecule has 0 unspecified atom stereocenters. The lowest BCUT2D eigenvalue weighted by Gasteiger charge is -2.15. The van der Waals surface area contributed by atoms with Gasteiger partial charge in [-0.1, -0.05) is 38.3 Å². The zero-order chi connectivity index (χ0) is 12.6. The lowest BCUT2D eigenvalue weighted by molar-refractivity contribution is -0.131. The quantitative estimate of drug-likeness (QED) is 0.706. The van der Waals surface area contributed by atoms with Crippen LogP contribution in [0.1, 0.15) is 19.8 Å². The van der Waals surface area contributed by atoms with Crippen LogP contribution in [-0.2, 0) is 4.79 Å². The molecule has 0 bridgehead atoms. The van der Waals surface area contributed by atoms with E-state index in [0.717, 1.165) is 13.1 Å². The highest BCUT2D eigenvalue weighted by Crippen LogP contribution is 2.48. The van der Waals surface area contributed by atoms with Gasteiger partial charge in [-0.05, 0) is 24.7 Å². The molecule has 3 atom stereocenters. The third-order valence-electron chi connectivity index (χ3n) is 3.97. The number of hydrogen-bond donors (Lipinski definition) is 0. The number of likely N-dealkylation sites (tertiary alicyclic amines) is 1. The Bertz CT molecular complexity index is 326. The summed E-state index contributed by atoms with van der Waals surface area (Å²) < 4.78 is 0. The van der Waals surface area contributed by atoms with E-state index in [1.54, 1.807) is 0 Å². The summed E-state index contributed by atoms with van der Waals surface area (Å²) in [6, 6.07) is 0. The lowest BCUT2D eigenvalue weighted by atomic mass is 10.3. The molecule has 0 aromatic carbocycles. The molecule has 17 heavy (non-hydrogen) atoms. The highest BCUT2D eigenvalue weighted by Gasteiger charge is 2.51. The van der Waals surface area contributed by atoms with Crippen LogP contribution in [0.25, 0.3) is 0 Å². The van der Waals surface area contributed by atoms with Crippen LogP contribution in [0.2, 0.25) is 19.6 Å². The Balaban J connectivity index is 1.91. The van der Waals surface area contributed by atoms with Gasteiger partial charge in [0.25, 0.3) is 0 Å². The summed E-state index contributed by atoms with van der Waals surface area (Å²) in [6.45, 7) is 11.2. The van der Waals surface area contributed by atoms with Crippen molar-refractivity contribution in [1.29, 1.82) is 0 Å². The molecule has 1 saturated carbocycles. The Labute approximate surface area is 106 Å². The second kappa shape index (κ2) is 4.60. The molecule has 96 valence electrons. The van der Waals surface area contributed by atoms with E-state index in [1.165, 1.54) is 12.8 Å². The van der Waals surface area contributed by atoms with Gasteiger partial charge >= 0.3 is 0 Å². The molecule has 2 aliphatic rings. The first-order valence-corrected chi connectivity index (χ1v) is 10.5. The molecule has 1 heterocycles. The van der Waals surface area contributed by atoms with Gasteiger partial charge in [0.2, 0.25) is 5.91 Å². The van der Waals surface area contributed by atoms with Crippen molar-refractivity contribution >= 4 is 14.0 Å². The number of rotatable bonds is 3. The van der Waals surface area contributed by atoms with Crippen molar-refractivity contribution in [3.63, 3.8) is 0 Å². The zero-order valence-corrected chi connectivity index (χ0v) is 12.6. The standard InChI is InChI=1S/C14H25NOSi/c1-11-12(7-10-17(2,3)4)13(11)14(16)15-8-5-6-9-15/h7,10-13H,5-6,8-9H2,1-4H3/b10-7+/t11-,12+,13+/m1/s1. The van der Waals surface area contributed by atoms with Gasteiger partial charge in [-0.2, -0.15) is 0 Å². The molecule has 2 fully saturated rings. The Morgan fingerprint density at radius 3 is 2.35 bits per heavy atom. The van der Waals surface area contributed by atoms with Crippen molar-refractivity contribution in [2.75, 3.05) is 13.1 Å². The average molecular weight is 251 g/mol. The van der Waals surface area contributed by atoms with E-state index in [4.69, 9.17) is 0 Å². The number of amides is 1. The predicted molar refractivity (Wildman–Crippen MR) is 74.4 cm³/mol. The van der Waals surface area contributed by atoms with Gasteiger partial charge in [-0.15, -0.1) is 0 Å². The van der Waals surface area contributed by atoms with E-state index in [1.807, 2.05) is 0 Å². The maximum atomic E-state index is 12.3. The number of nitrogens with zero attached hydrogens (tertiary/aromatic N) is 1. The molecule has 0 spiro atoms. The maximum Gasteiger partial charge on any atom is 0.226 e. The Morgan fingerprint density at radius 2 is 1.82 bits per heavy atom. The monoisotopic (exact) mass is 251 g/mol. The molecule has 0 aromatic rings. The van der Waals surface area contributed by atoms with E-state index in [-0.39, 0.29) is 0 Å². The molecule has 1 aliphatic heterocycles. The van der Waals surface area contributed by atoms with E-state index >= 15 is 0 Å². The molecule has 1 aliphatic carbocycles. The van der Waals surface area contributed by atoms with Crippen LogP contribution in [0.5, 0.6) is 0 Å². The maximum absolute atomic E-state index is 12.3. The van der Waals surface area contributed by atoms with E-state index in [2.05, 4.69) is 43.2 Å². The van der Waals surface area contributed by atoms with Crippen LogP contribution in [0.15, 0.2) is 11.8 Å². The zero-order valence-electron chi connectivity index (χ0n) is 11.6. The largest absolute Gasteiger partial charge is 0.342 e. The third-order valence-corrected chi connectivity index (χ3v) is 5.16. The fraction of sp³-hybridized carbons (Fsp3) is 0.786. The second-order valence-electron chi connectivity index (χ2n) is 6.72. The van der Waals surface area contributed by atoms with Gasteiger partial charge in [0.15, 0.2) is 0 Å². The molecule has 1 saturated heterocycles. The highest BCUT2D eigenvalue weighted by molar-refractivity contribution is 6.80. The van der Waals surface area contributed by atoms with Crippen LogP contribution in [0.3, 0.4) is 0 Å². The molecule has 0 N–H and O–H groups in total. The summed E-state index contributed by atoms with van der Waals surface area (Å²) in [7, 11) is -1.11. The molecule has 0 radical (unpaired) electrons. The average Bonchev–Trinajstić information content (AvgIpc) is 2.67. The summed E-state index contributed by atoms with van der Waals surface area (Å²) in [5.74, 6) is 1.80. The summed E-state index contributed by atoms with van der Waals surface area (Å²) in [5, 5.41) is 0. The molecule has 0 aromatic heterocycles. The van der Waals surface area contributed by atoms with Gasteiger partial charge in [0.05, 0.1) is 8.07 Å². The number of carbonyl (C=O) groups is 1. The first kappa shape index (κ1) is 12.9. The predicted octanol–water partition coefficient (Wildman–Crippen LogP) is 2.92. The van der Waals surface area contributed by atoms with Crippen molar-refractivity contribution in [2.24, 2.45) is 17.8 Å². The van der Waals surface area contributed by atoms with E-state index in [9.17, 15) is 4.79 Å².